The molecule has 1 aromatic rings. The summed E-state index contributed by atoms with van der Waals surface area (Å²) in [7, 11) is 0. The zero-order chi connectivity index (χ0) is 13.6. The molecule has 6 nitrogen and oxygen atoms in total. The fourth-order valence-electron chi connectivity index (χ4n) is 2.55. The van der Waals surface area contributed by atoms with Crippen LogP contribution in [0.15, 0.2) is 24.3 Å². The van der Waals surface area contributed by atoms with Crippen LogP contribution in [0.1, 0.15) is 33.6 Å². The van der Waals surface area contributed by atoms with Gasteiger partial charge < -0.3 is 10.4 Å². The zero-order valence-corrected chi connectivity index (χ0v) is 10.00. The Balaban J connectivity index is 1.94. The number of amides is 3. The van der Waals surface area contributed by atoms with Crippen molar-refractivity contribution in [3.8, 4) is 0 Å². The second-order valence-corrected chi connectivity index (χ2v) is 4.64. The van der Waals surface area contributed by atoms with Gasteiger partial charge in [-0.1, -0.05) is 12.1 Å². The van der Waals surface area contributed by atoms with Crippen LogP contribution in [0.4, 0.5) is 0 Å². The van der Waals surface area contributed by atoms with E-state index < -0.39 is 24.1 Å². The van der Waals surface area contributed by atoms with Crippen LogP contribution in [0.2, 0.25) is 0 Å². The molecular formula is C13H12N2O4. The normalized spacial score (nSPS) is 26.4. The lowest BCUT2D eigenvalue weighted by Gasteiger charge is -2.33. The third kappa shape index (κ3) is 1.72. The summed E-state index contributed by atoms with van der Waals surface area (Å²) < 4.78 is 0. The third-order valence-corrected chi connectivity index (χ3v) is 3.50. The number of nitrogens with one attached hydrogen (secondary N) is 1. The summed E-state index contributed by atoms with van der Waals surface area (Å²) in [5.74, 6) is -1.11. The highest BCUT2D eigenvalue weighted by molar-refractivity contribution is 6.21. The van der Waals surface area contributed by atoms with Crippen LogP contribution in [-0.4, -0.2) is 40.0 Å². The van der Waals surface area contributed by atoms with Gasteiger partial charge in [0, 0.05) is 6.42 Å². The van der Waals surface area contributed by atoms with E-state index in [0.717, 1.165) is 4.90 Å². The standard InChI is InChI=1S/C13H12N2O4/c16-10-6-5-9(11(17)14-10)15-12(18)7-3-1-2-4-8(7)13(15)19/h1-4,9,11,17H,5-6H2,(H,14,16). The van der Waals surface area contributed by atoms with E-state index in [1.807, 2.05) is 0 Å². The first-order chi connectivity index (χ1) is 9.09. The van der Waals surface area contributed by atoms with E-state index in [9.17, 15) is 19.5 Å². The topological polar surface area (TPSA) is 86.7 Å². The van der Waals surface area contributed by atoms with Crippen LogP contribution in [0.25, 0.3) is 0 Å². The van der Waals surface area contributed by atoms with Crippen molar-refractivity contribution in [1.82, 2.24) is 10.2 Å². The van der Waals surface area contributed by atoms with E-state index in [1.165, 1.54) is 0 Å². The first-order valence-corrected chi connectivity index (χ1v) is 6.04. The average molecular weight is 260 g/mol. The first-order valence-electron chi connectivity index (χ1n) is 6.04. The van der Waals surface area contributed by atoms with Crippen molar-refractivity contribution >= 4 is 17.7 Å². The lowest BCUT2D eigenvalue weighted by atomic mass is 10.0. The molecule has 2 atom stereocenters. The molecule has 3 rings (SSSR count). The Morgan fingerprint density at radius 1 is 1.11 bits per heavy atom. The largest absolute Gasteiger partial charge is 0.372 e. The number of nitrogens with zero attached hydrogens (tertiary/aromatic N) is 1. The van der Waals surface area contributed by atoms with Gasteiger partial charge in [0.1, 0.15) is 6.23 Å². The molecule has 2 heterocycles. The molecule has 98 valence electrons. The minimum Gasteiger partial charge on any atom is -0.372 e. The maximum atomic E-state index is 12.2. The number of benzene rings is 1. The van der Waals surface area contributed by atoms with Gasteiger partial charge in [0.05, 0.1) is 17.2 Å². The van der Waals surface area contributed by atoms with Crippen LogP contribution in [-0.2, 0) is 4.79 Å². The maximum Gasteiger partial charge on any atom is 0.261 e. The Labute approximate surface area is 109 Å². The molecule has 3 amide bonds. The maximum absolute atomic E-state index is 12.2. The highest BCUT2D eigenvalue weighted by atomic mass is 16.3. The van der Waals surface area contributed by atoms with E-state index >= 15 is 0 Å². The number of fused-ring (bicyclic) bond motifs is 1. The molecule has 0 spiro atoms. The molecule has 0 radical (unpaired) electrons. The fraction of sp³-hybridized carbons (Fsp3) is 0.308. The predicted molar refractivity (Wildman–Crippen MR) is 64.1 cm³/mol. The minimum atomic E-state index is -1.21. The first kappa shape index (κ1) is 11.9. The smallest absolute Gasteiger partial charge is 0.261 e. The summed E-state index contributed by atoms with van der Waals surface area (Å²) in [4.78, 5) is 36.6. The Hall–Kier alpha value is -2.21. The summed E-state index contributed by atoms with van der Waals surface area (Å²) in [5.41, 5.74) is 0.688. The highest BCUT2D eigenvalue weighted by Crippen LogP contribution is 2.27. The highest BCUT2D eigenvalue weighted by Gasteiger charge is 2.44. The van der Waals surface area contributed by atoms with Gasteiger partial charge in [0.15, 0.2) is 0 Å². The van der Waals surface area contributed by atoms with E-state index in [2.05, 4.69) is 5.32 Å². The number of aliphatic hydroxyl groups is 1. The molecule has 6 heteroatoms. The summed E-state index contributed by atoms with van der Waals surface area (Å²) >= 11 is 0. The molecule has 1 aromatic carbocycles. The lowest BCUT2D eigenvalue weighted by molar-refractivity contribution is -0.129. The average Bonchev–Trinajstić information content (AvgIpc) is 2.64. The van der Waals surface area contributed by atoms with E-state index in [-0.39, 0.29) is 18.7 Å². The summed E-state index contributed by atoms with van der Waals surface area (Å²) in [5, 5.41) is 12.2. The Bertz CT molecular complexity index is 549. The van der Waals surface area contributed by atoms with Gasteiger partial charge in [-0.3, -0.25) is 19.3 Å². The number of rotatable bonds is 1. The van der Waals surface area contributed by atoms with Crippen LogP contribution in [0.3, 0.4) is 0 Å². The zero-order valence-electron chi connectivity index (χ0n) is 10.00. The number of imide groups is 1. The van der Waals surface area contributed by atoms with Crippen molar-refractivity contribution < 1.29 is 19.5 Å². The van der Waals surface area contributed by atoms with Crippen molar-refractivity contribution in [3.63, 3.8) is 0 Å². The molecule has 19 heavy (non-hydrogen) atoms. The molecule has 2 aliphatic rings. The second-order valence-electron chi connectivity index (χ2n) is 4.64. The number of aliphatic hydroxyl groups excluding tert-OH is 1. The number of hydrogen-bond donors (Lipinski definition) is 2. The summed E-state index contributed by atoms with van der Waals surface area (Å²) in [6, 6.07) is 5.84. The van der Waals surface area contributed by atoms with E-state index in [1.54, 1.807) is 24.3 Å². The van der Waals surface area contributed by atoms with Gasteiger partial charge in [-0.25, -0.2) is 0 Å². The quantitative estimate of drug-likeness (QED) is 0.689. The lowest BCUT2D eigenvalue weighted by Crippen LogP contribution is -2.57. The van der Waals surface area contributed by atoms with Crippen molar-refractivity contribution in [3.05, 3.63) is 35.4 Å². The van der Waals surface area contributed by atoms with Crippen molar-refractivity contribution in [2.24, 2.45) is 0 Å². The number of hydrogen-bond acceptors (Lipinski definition) is 4. The van der Waals surface area contributed by atoms with Gasteiger partial charge >= 0.3 is 0 Å². The van der Waals surface area contributed by atoms with Gasteiger partial charge in [0.2, 0.25) is 5.91 Å². The third-order valence-electron chi connectivity index (χ3n) is 3.50. The van der Waals surface area contributed by atoms with Crippen molar-refractivity contribution in [1.29, 1.82) is 0 Å². The summed E-state index contributed by atoms with van der Waals surface area (Å²) in [6.45, 7) is 0. The molecular weight excluding hydrogens is 248 g/mol. The molecule has 2 aliphatic heterocycles. The second kappa shape index (κ2) is 4.17. The van der Waals surface area contributed by atoms with Gasteiger partial charge in [-0.05, 0) is 18.6 Å². The summed E-state index contributed by atoms with van der Waals surface area (Å²) in [6.07, 6.45) is -0.739. The van der Waals surface area contributed by atoms with Crippen LogP contribution >= 0.6 is 0 Å². The van der Waals surface area contributed by atoms with Gasteiger partial charge in [-0.2, -0.15) is 0 Å². The molecule has 1 fully saturated rings. The van der Waals surface area contributed by atoms with Crippen LogP contribution in [0, 0.1) is 0 Å². The minimum absolute atomic E-state index is 0.190. The monoisotopic (exact) mass is 260 g/mol. The Kier molecular flexibility index (Phi) is 2.60. The van der Waals surface area contributed by atoms with Crippen molar-refractivity contribution in [2.75, 3.05) is 0 Å². The predicted octanol–water partition coefficient (Wildman–Crippen LogP) is -0.120. The van der Waals surface area contributed by atoms with E-state index in [4.69, 9.17) is 0 Å². The van der Waals surface area contributed by atoms with Crippen molar-refractivity contribution in [2.45, 2.75) is 25.1 Å². The number of carbonyl (C=O) groups is 3. The molecule has 2 unspecified atom stereocenters. The van der Waals surface area contributed by atoms with Crippen LogP contribution in [0.5, 0.6) is 0 Å². The number of piperidine rings is 1. The van der Waals surface area contributed by atoms with Gasteiger partial charge in [0.25, 0.3) is 11.8 Å². The fourth-order valence-corrected chi connectivity index (χ4v) is 2.55. The Morgan fingerprint density at radius 3 is 2.21 bits per heavy atom. The molecule has 2 N–H and O–H groups in total. The SMILES string of the molecule is O=C1CCC(N2C(=O)c3ccccc3C2=O)C(O)N1. The molecule has 1 saturated heterocycles. The molecule has 0 aliphatic carbocycles. The van der Waals surface area contributed by atoms with Gasteiger partial charge in [-0.15, -0.1) is 0 Å². The molecule has 0 bridgehead atoms. The van der Waals surface area contributed by atoms with Crippen LogP contribution < -0.4 is 5.32 Å². The molecule has 0 aromatic heterocycles. The Morgan fingerprint density at radius 2 is 1.68 bits per heavy atom. The number of carbonyl (C=O) groups excluding carboxylic acids is 3. The van der Waals surface area contributed by atoms with E-state index in [0.29, 0.717) is 11.1 Å². The molecule has 0 saturated carbocycles.